The van der Waals surface area contributed by atoms with Gasteiger partial charge in [0.2, 0.25) is 17.5 Å². The molecule has 0 spiro atoms. The molecule has 0 bridgehead atoms. The molecule has 0 unspecified atom stereocenters. The Labute approximate surface area is 232 Å². The van der Waals surface area contributed by atoms with E-state index in [1.54, 1.807) is 12.1 Å². The maximum Gasteiger partial charge on any atom is 0.336 e. The summed E-state index contributed by atoms with van der Waals surface area (Å²) in [6.07, 6.45) is -6.05. The van der Waals surface area contributed by atoms with Gasteiger partial charge < -0.3 is 52.6 Å². The number of aliphatic hydroxyl groups excluding tert-OH is 3. The lowest BCUT2D eigenvalue weighted by Crippen LogP contribution is -2.63. The van der Waals surface area contributed by atoms with Crippen LogP contribution in [-0.2, 0) is 9.47 Å². The molecule has 4 heterocycles. The third-order valence-corrected chi connectivity index (χ3v) is 6.86. The van der Waals surface area contributed by atoms with E-state index in [9.17, 15) is 30.0 Å². The van der Waals surface area contributed by atoms with Crippen LogP contribution >= 0.6 is 0 Å². The number of hydrogen-bond donors (Lipinski definition) is 4. The Hall–Kier alpha value is -3.72. The first kappa shape index (κ1) is 28.8. The second-order valence-corrected chi connectivity index (χ2v) is 10.3. The number of aryl methyl sites for hydroxylation is 1. The minimum atomic E-state index is -1.67. The second-order valence-electron chi connectivity index (χ2n) is 10.3. The molecule has 0 radical (unpaired) electrons. The molecule has 4 aromatic rings. The van der Waals surface area contributed by atoms with E-state index in [0.717, 1.165) is 6.07 Å². The van der Waals surface area contributed by atoms with E-state index < -0.39 is 60.1 Å². The number of benzene rings is 1. The lowest BCUT2D eigenvalue weighted by atomic mass is 9.97. The average Bonchev–Trinajstić information content (AvgIpc) is 3.38. The molecule has 4 N–H and O–H groups in total. The van der Waals surface area contributed by atoms with Gasteiger partial charge in [0.1, 0.15) is 59.8 Å². The molecule has 6 atom stereocenters. The SMILES string of the molecule is Cc1occc(=O)c1O[C@@H]1O[C@H](CO)[C@H](O)[C@@H](O)[C@H]1O[C@H](COc1c2ccoc2cc2oc(=O)ccc12)C(C)(C)O. The molecule has 0 aliphatic carbocycles. The zero-order valence-corrected chi connectivity index (χ0v) is 22.4. The van der Waals surface area contributed by atoms with Gasteiger partial charge in [-0.3, -0.25) is 4.79 Å². The van der Waals surface area contributed by atoms with Crippen LogP contribution in [0.4, 0.5) is 0 Å². The highest BCUT2D eigenvalue weighted by Crippen LogP contribution is 2.36. The molecule has 41 heavy (non-hydrogen) atoms. The van der Waals surface area contributed by atoms with Crippen molar-refractivity contribution in [2.24, 2.45) is 0 Å². The highest BCUT2D eigenvalue weighted by Gasteiger charge is 2.49. The molecule has 3 aromatic heterocycles. The van der Waals surface area contributed by atoms with Gasteiger partial charge in [-0.15, -0.1) is 0 Å². The first-order valence-corrected chi connectivity index (χ1v) is 12.8. The molecule has 220 valence electrons. The zero-order chi connectivity index (χ0) is 29.5. The first-order valence-electron chi connectivity index (χ1n) is 12.8. The summed E-state index contributed by atoms with van der Waals surface area (Å²) in [6, 6.07) is 7.12. The van der Waals surface area contributed by atoms with Crippen LogP contribution in [0.1, 0.15) is 19.6 Å². The quantitative estimate of drug-likeness (QED) is 0.209. The van der Waals surface area contributed by atoms with Crippen molar-refractivity contribution in [3.8, 4) is 11.5 Å². The number of fused-ring (bicyclic) bond motifs is 2. The summed E-state index contributed by atoms with van der Waals surface area (Å²) in [7, 11) is 0. The van der Waals surface area contributed by atoms with Crippen molar-refractivity contribution in [1.29, 1.82) is 0 Å². The molecule has 1 saturated heterocycles. The van der Waals surface area contributed by atoms with E-state index in [4.69, 9.17) is 32.2 Å². The molecule has 0 amide bonds. The molecule has 13 nitrogen and oxygen atoms in total. The van der Waals surface area contributed by atoms with Crippen LogP contribution in [0.5, 0.6) is 11.5 Å². The average molecular weight is 575 g/mol. The van der Waals surface area contributed by atoms with Gasteiger partial charge in [0.25, 0.3) is 0 Å². The molecule has 1 fully saturated rings. The van der Waals surface area contributed by atoms with E-state index in [-0.39, 0.29) is 23.7 Å². The van der Waals surface area contributed by atoms with E-state index in [0.29, 0.717) is 22.1 Å². The van der Waals surface area contributed by atoms with Gasteiger partial charge in [-0.1, -0.05) is 0 Å². The van der Waals surface area contributed by atoms with Crippen LogP contribution in [0.3, 0.4) is 0 Å². The third-order valence-electron chi connectivity index (χ3n) is 6.86. The zero-order valence-electron chi connectivity index (χ0n) is 22.4. The summed E-state index contributed by atoms with van der Waals surface area (Å²) in [5, 5.41) is 43.3. The Morgan fingerprint density at radius 3 is 2.41 bits per heavy atom. The highest BCUT2D eigenvalue weighted by molar-refractivity contribution is 6.01. The summed E-state index contributed by atoms with van der Waals surface area (Å²) in [6.45, 7) is 3.42. The third kappa shape index (κ3) is 5.73. The minimum Gasteiger partial charge on any atom is -0.489 e. The lowest BCUT2D eigenvalue weighted by molar-refractivity contribution is -0.305. The summed E-state index contributed by atoms with van der Waals surface area (Å²) < 4.78 is 39.6. The topological polar surface area (TPSA) is 191 Å². The van der Waals surface area contributed by atoms with Crippen LogP contribution in [0.2, 0.25) is 0 Å². The Balaban J connectivity index is 1.46. The van der Waals surface area contributed by atoms with Gasteiger partial charge in [0.15, 0.2) is 0 Å². The smallest absolute Gasteiger partial charge is 0.336 e. The molecular formula is C28H30O13. The predicted molar refractivity (Wildman–Crippen MR) is 141 cm³/mol. The minimum absolute atomic E-state index is 0.120. The van der Waals surface area contributed by atoms with Crippen LogP contribution in [0, 0.1) is 6.92 Å². The maximum atomic E-state index is 12.4. The summed E-state index contributed by atoms with van der Waals surface area (Å²) in [4.78, 5) is 24.2. The van der Waals surface area contributed by atoms with Gasteiger partial charge in [0.05, 0.1) is 35.5 Å². The molecular weight excluding hydrogens is 544 g/mol. The first-order chi connectivity index (χ1) is 19.5. The van der Waals surface area contributed by atoms with Crippen molar-refractivity contribution in [3.63, 3.8) is 0 Å². The van der Waals surface area contributed by atoms with Crippen LogP contribution in [0.15, 0.2) is 65.7 Å². The molecule has 5 rings (SSSR count). The van der Waals surface area contributed by atoms with Gasteiger partial charge in [-0.2, -0.15) is 0 Å². The van der Waals surface area contributed by atoms with E-state index in [2.05, 4.69) is 0 Å². The molecule has 0 saturated carbocycles. The van der Waals surface area contributed by atoms with Gasteiger partial charge in [-0.25, -0.2) is 4.79 Å². The lowest BCUT2D eigenvalue weighted by Gasteiger charge is -2.44. The predicted octanol–water partition coefficient (Wildman–Crippen LogP) is 1.22. The number of rotatable bonds is 9. The fourth-order valence-electron chi connectivity index (χ4n) is 4.58. The van der Waals surface area contributed by atoms with Crippen molar-refractivity contribution < 1.29 is 52.6 Å². The molecule has 1 aliphatic heterocycles. The normalized spacial score (nSPS) is 24.0. The Morgan fingerprint density at radius 2 is 1.71 bits per heavy atom. The number of ether oxygens (including phenoxy) is 4. The molecule has 1 aromatic carbocycles. The maximum absolute atomic E-state index is 12.4. The van der Waals surface area contributed by atoms with Crippen LogP contribution < -0.4 is 20.5 Å². The second kappa shape index (κ2) is 11.3. The van der Waals surface area contributed by atoms with Crippen molar-refractivity contribution in [1.82, 2.24) is 0 Å². The van der Waals surface area contributed by atoms with E-state index in [1.165, 1.54) is 45.4 Å². The van der Waals surface area contributed by atoms with Crippen LogP contribution in [-0.4, -0.2) is 76.1 Å². The van der Waals surface area contributed by atoms with Gasteiger partial charge >= 0.3 is 5.63 Å². The summed E-state index contributed by atoms with van der Waals surface area (Å²) >= 11 is 0. The number of furan rings is 1. The largest absolute Gasteiger partial charge is 0.489 e. The number of aliphatic hydroxyl groups is 4. The van der Waals surface area contributed by atoms with Crippen molar-refractivity contribution in [2.75, 3.05) is 13.2 Å². The van der Waals surface area contributed by atoms with Crippen LogP contribution in [0.25, 0.3) is 21.9 Å². The fraction of sp³-hybridized carbons (Fsp3) is 0.429. The monoisotopic (exact) mass is 574 g/mol. The van der Waals surface area contributed by atoms with Crippen molar-refractivity contribution >= 4 is 21.9 Å². The molecule has 1 aliphatic rings. The highest BCUT2D eigenvalue weighted by atomic mass is 16.7. The Kier molecular flexibility index (Phi) is 7.92. The van der Waals surface area contributed by atoms with E-state index >= 15 is 0 Å². The molecule has 13 heteroatoms. The van der Waals surface area contributed by atoms with Gasteiger partial charge in [0, 0.05) is 18.2 Å². The fourth-order valence-corrected chi connectivity index (χ4v) is 4.58. The van der Waals surface area contributed by atoms with Gasteiger partial charge in [-0.05, 0) is 32.9 Å². The van der Waals surface area contributed by atoms with Crippen molar-refractivity contribution in [2.45, 2.75) is 63.2 Å². The van der Waals surface area contributed by atoms with E-state index in [1.807, 2.05) is 0 Å². The Bertz CT molecular complexity index is 1630. The van der Waals surface area contributed by atoms with Crippen molar-refractivity contribution in [3.05, 3.63) is 69.3 Å². The number of hydrogen-bond acceptors (Lipinski definition) is 13. The summed E-state index contributed by atoms with van der Waals surface area (Å²) in [5.41, 5.74) is -2.08. The standard InChI is InChI=1S/C28H30O13/c1-13-24(16(30)7-9-35-13)41-27-26(23(33)22(32)19(11-29)39-27)40-20(28(2,3)34)12-37-25-14-4-5-21(31)38-18(14)10-17-15(25)6-8-36-17/h4-10,19-20,22-23,26-27,29,32-34H,11-12H2,1-3H3/t19-,20-,22+,23-,26-,27+/m1/s1. The Morgan fingerprint density at radius 1 is 0.976 bits per heavy atom. The summed E-state index contributed by atoms with van der Waals surface area (Å²) in [5.74, 6) is 0.191.